The lowest BCUT2D eigenvalue weighted by molar-refractivity contribution is 0.457. The van der Waals surface area contributed by atoms with Gasteiger partial charge in [-0.25, -0.2) is 0 Å². The Hall–Kier alpha value is -1.10. The monoisotopic (exact) mass is 278 g/mol. The van der Waals surface area contributed by atoms with Crippen LogP contribution in [0.3, 0.4) is 0 Å². The molecule has 0 radical (unpaired) electrons. The number of nitrogens with one attached hydrogen (secondary N) is 1. The van der Waals surface area contributed by atoms with Crippen molar-refractivity contribution >= 4 is 23.4 Å². The Morgan fingerprint density at radius 3 is 2.37 bits per heavy atom. The average molecular weight is 278 g/mol. The van der Waals surface area contributed by atoms with E-state index >= 15 is 0 Å². The van der Waals surface area contributed by atoms with Crippen molar-refractivity contribution in [1.29, 1.82) is 0 Å². The molecule has 3 rings (SSSR count). The highest BCUT2D eigenvalue weighted by Gasteiger charge is 2.64. The number of H-pyrrole nitrogens is 1. The normalized spacial score (nSPS) is 21.2. The Kier molecular flexibility index (Phi) is 2.38. The second kappa shape index (κ2) is 3.51. The van der Waals surface area contributed by atoms with Gasteiger partial charge in [0.2, 0.25) is 0 Å². The molecule has 1 fully saturated rings. The third kappa shape index (κ3) is 1.51. The van der Waals surface area contributed by atoms with Crippen LogP contribution in [0.2, 0.25) is 0 Å². The van der Waals surface area contributed by atoms with Gasteiger partial charge < -0.3 is 9.55 Å². The molecule has 2 aromatic heterocycles. The van der Waals surface area contributed by atoms with Gasteiger partial charge in [0.25, 0.3) is 0 Å². The smallest absolute Gasteiger partial charge is 0.179 e. The molecule has 0 saturated heterocycles. The van der Waals surface area contributed by atoms with Gasteiger partial charge in [0.05, 0.1) is 5.69 Å². The minimum Gasteiger partial charge on any atom is -0.328 e. The van der Waals surface area contributed by atoms with Crippen molar-refractivity contribution in [3.63, 3.8) is 0 Å². The molecule has 19 heavy (non-hydrogen) atoms. The number of aryl methyl sites for hydroxylation is 2. The van der Waals surface area contributed by atoms with Crippen molar-refractivity contribution in [2.24, 2.45) is 23.8 Å². The molecule has 0 aliphatic heterocycles. The molecule has 1 N–H and O–H groups in total. The summed E-state index contributed by atoms with van der Waals surface area (Å²) < 4.78 is 4.95. The SMILES string of the molecule is Cc1nn(C)c2c1[nH]c(=S)n2CC1C(C)(C)C1(C)C. The molecule has 104 valence electrons. The third-order valence-corrected chi connectivity index (χ3v) is 5.93. The summed E-state index contributed by atoms with van der Waals surface area (Å²) in [4.78, 5) is 3.30. The van der Waals surface area contributed by atoms with Crippen molar-refractivity contribution in [2.45, 2.75) is 41.2 Å². The summed E-state index contributed by atoms with van der Waals surface area (Å²) >= 11 is 5.49. The Labute approximate surface area is 118 Å². The molecule has 4 nitrogen and oxygen atoms in total. The molecular formula is C14H22N4S. The molecule has 1 saturated carbocycles. The lowest BCUT2D eigenvalue weighted by Gasteiger charge is -2.06. The lowest BCUT2D eigenvalue weighted by Crippen LogP contribution is -2.07. The highest BCUT2D eigenvalue weighted by atomic mass is 32.1. The predicted octanol–water partition coefficient (Wildman–Crippen LogP) is 3.42. The fourth-order valence-corrected chi connectivity index (χ4v) is 3.78. The van der Waals surface area contributed by atoms with Crippen LogP contribution < -0.4 is 0 Å². The van der Waals surface area contributed by atoms with E-state index < -0.39 is 0 Å². The lowest BCUT2D eigenvalue weighted by atomic mass is 10.0. The second-order valence-electron chi connectivity index (χ2n) is 6.94. The van der Waals surface area contributed by atoms with Crippen LogP contribution in [0.15, 0.2) is 0 Å². The van der Waals surface area contributed by atoms with Crippen molar-refractivity contribution in [3.05, 3.63) is 10.5 Å². The van der Waals surface area contributed by atoms with E-state index in [1.54, 1.807) is 0 Å². The van der Waals surface area contributed by atoms with E-state index in [2.05, 4.69) is 42.3 Å². The predicted molar refractivity (Wildman–Crippen MR) is 79.7 cm³/mol. The van der Waals surface area contributed by atoms with E-state index in [4.69, 9.17) is 12.2 Å². The summed E-state index contributed by atoms with van der Waals surface area (Å²) in [5, 5.41) is 4.47. The van der Waals surface area contributed by atoms with Gasteiger partial charge >= 0.3 is 0 Å². The molecule has 2 heterocycles. The first kappa shape index (κ1) is 12.9. The fraction of sp³-hybridized carbons (Fsp3) is 0.714. The number of imidazole rings is 1. The van der Waals surface area contributed by atoms with Crippen LogP contribution in [0.1, 0.15) is 33.4 Å². The number of hydrogen-bond donors (Lipinski definition) is 1. The Bertz CT molecular complexity index is 700. The van der Waals surface area contributed by atoms with Crippen LogP contribution in [0.5, 0.6) is 0 Å². The van der Waals surface area contributed by atoms with Crippen LogP contribution >= 0.6 is 12.2 Å². The summed E-state index contributed by atoms with van der Waals surface area (Å²) in [7, 11) is 1.98. The number of hydrogen-bond acceptors (Lipinski definition) is 2. The number of nitrogens with zero attached hydrogens (tertiary/aromatic N) is 3. The molecule has 1 aliphatic rings. The standard InChI is InChI=1S/C14H22N4S/c1-8-10-11(17(6)16-8)18(12(19)15-10)7-9-13(2,3)14(9,4)5/h9H,7H2,1-6H3,(H,15,19). The molecule has 2 aromatic rings. The van der Waals surface area contributed by atoms with Crippen molar-refractivity contribution in [3.8, 4) is 0 Å². The Morgan fingerprint density at radius 2 is 1.84 bits per heavy atom. The minimum absolute atomic E-state index is 0.374. The van der Waals surface area contributed by atoms with E-state index in [1.165, 1.54) is 0 Å². The molecule has 0 bridgehead atoms. The molecular weight excluding hydrogens is 256 g/mol. The first-order valence-corrected chi connectivity index (χ1v) is 7.21. The molecule has 1 aliphatic carbocycles. The van der Waals surface area contributed by atoms with Gasteiger partial charge in [-0.2, -0.15) is 5.10 Å². The first-order valence-electron chi connectivity index (χ1n) is 6.80. The highest BCUT2D eigenvalue weighted by molar-refractivity contribution is 7.71. The van der Waals surface area contributed by atoms with Gasteiger partial charge in [0.1, 0.15) is 5.52 Å². The topological polar surface area (TPSA) is 38.5 Å². The van der Waals surface area contributed by atoms with Gasteiger partial charge in [0.15, 0.2) is 10.4 Å². The molecule has 0 amide bonds. The third-order valence-electron chi connectivity index (χ3n) is 5.61. The maximum Gasteiger partial charge on any atom is 0.179 e. The molecule has 0 aromatic carbocycles. The van der Waals surface area contributed by atoms with E-state index in [-0.39, 0.29) is 0 Å². The zero-order valence-electron chi connectivity index (χ0n) is 12.5. The van der Waals surface area contributed by atoms with E-state index in [1.807, 2.05) is 18.7 Å². The van der Waals surface area contributed by atoms with Crippen LogP contribution in [0, 0.1) is 28.4 Å². The summed E-state index contributed by atoms with van der Waals surface area (Å²) in [6.45, 7) is 12.4. The molecule has 0 atom stereocenters. The first-order chi connectivity index (χ1) is 8.68. The van der Waals surface area contributed by atoms with Crippen molar-refractivity contribution < 1.29 is 0 Å². The quantitative estimate of drug-likeness (QED) is 0.855. The number of fused-ring (bicyclic) bond motifs is 1. The zero-order chi connectivity index (χ0) is 14.2. The number of rotatable bonds is 2. The zero-order valence-corrected chi connectivity index (χ0v) is 13.4. The summed E-state index contributed by atoms with van der Waals surface area (Å²) in [5.41, 5.74) is 3.94. The van der Waals surface area contributed by atoms with Crippen LogP contribution in [0.4, 0.5) is 0 Å². The Morgan fingerprint density at radius 1 is 1.26 bits per heavy atom. The largest absolute Gasteiger partial charge is 0.328 e. The highest BCUT2D eigenvalue weighted by Crippen LogP contribution is 2.68. The van der Waals surface area contributed by atoms with E-state index in [0.717, 1.165) is 28.2 Å². The summed E-state index contributed by atoms with van der Waals surface area (Å²) in [6.07, 6.45) is 0. The number of aromatic amines is 1. The average Bonchev–Trinajstić information content (AvgIpc) is 2.61. The van der Waals surface area contributed by atoms with Crippen molar-refractivity contribution in [2.75, 3.05) is 0 Å². The van der Waals surface area contributed by atoms with Crippen molar-refractivity contribution in [1.82, 2.24) is 19.3 Å². The maximum absolute atomic E-state index is 5.49. The van der Waals surface area contributed by atoms with Gasteiger partial charge in [0, 0.05) is 13.6 Å². The minimum atomic E-state index is 0.374. The van der Waals surface area contributed by atoms with Crippen LogP contribution in [-0.2, 0) is 13.6 Å². The van der Waals surface area contributed by atoms with Crippen LogP contribution in [0.25, 0.3) is 11.2 Å². The second-order valence-corrected chi connectivity index (χ2v) is 7.33. The van der Waals surface area contributed by atoms with Crippen LogP contribution in [-0.4, -0.2) is 19.3 Å². The molecule has 0 unspecified atom stereocenters. The van der Waals surface area contributed by atoms with Gasteiger partial charge in [-0.15, -0.1) is 0 Å². The Balaban J connectivity index is 2.08. The fourth-order valence-electron chi connectivity index (χ4n) is 3.51. The van der Waals surface area contributed by atoms with E-state index in [9.17, 15) is 0 Å². The number of aromatic nitrogens is 4. The van der Waals surface area contributed by atoms with Gasteiger partial charge in [-0.3, -0.25) is 4.68 Å². The van der Waals surface area contributed by atoms with Gasteiger partial charge in [-0.05, 0) is 35.9 Å². The maximum atomic E-state index is 5.49. The summed E-state index contributed by atoms with van der Waals surface area (Å²) in [6, 6.07) is 0. The summed E-state index contributed by atoms with van der Waals surface area (Å²) in [5.74, 6) is 0.654. The van der Waals surface area contributed by atoms with E-state index in [0.29, 0.717) is 16.7 Å². The molecule has 5 heteroatoms. The van der Waals surface area contributed by atoms with Gasteiger partial charge in [-0.1, -0.05) is 27.7 Å². The molecule has 0 spiro atoms.